The molecule has 0 bridgehead atoms. The number of nitrogens with zero attached hydrogens (tertiary/aromatic N) is 5. The first-order valence-electron chi connectivity index (χ1n) is 9.12. The van der Waals surface area contributed by atoms with Gasteiger partial charge < -0.3 is 10.0 Å². The predicted molar refractivity (Wildman–Crippen MR) is 92.5 cm³/mol. The fourth-order valence-corrected chi connectivity index (χ4v) is 4.20. The van der Waals surface area contributed by atoms with Crippen LogP contribution in [-0.2, 0) is 16.0 Å². The zero-order valence-corrected chi connectivity index (χ0v) is 15.1. The number of carbonyl (C=O) groups excluding carboxylic acids is 1. The maximum Gasteiger partial charge on any atom is 0.308 e. The van der Waals surface area contributed by atoms with E-state index in [4.69, 9.17) is 0 Å². The molecule has 4 rings (SSSR count). The van der Waals surface area contributed by atoms with Crippen molar-refractivity contribution in [3.63, 3.8) is 0 Å². The Morgan fingerprint density at radius 1 is 1.27 bits per heavy atom. The van der Waals surface area contributed by atoms with E-state index < -0.39 is 11.9 Å². The first kappa shape index (κ1) is 16.9. The lowest BCUT2D eigenvalue weighted by Crippen LogP contribution is -2.30. The Morgan fingerprint density at radius 3 is 2.73 bits per heavy atom. The van der Waals surface area contributed by atoms with Gasteiger partial charge in [-0.2, -0.15) is 10.1 Å². The molecule has 26 heavy (non-hydrogen) atoms. The molecule has 2 aromatic heterocycles. The molecule has 138 valence electrons. The SMILES string of the molecule is Cc1nc2ncnn2c(C)c1CCC(=O)N1C[C@H](C(=O)O)[C@@H](C2CC2)C1. The fourth-order valence-electron chi connectivity index (χ4n) is 4.20. The molecule has 1 saturated heterocycles. The van der Waals surface area contributed by atoms with Gasteiger partial charge in [-0.25, -0.2) is 9.50 Å². The van der Waals surface area contributed by atoms with Gasteiger partial charge in [-0.15, -0.1) is 0 Å². The largest absolute Gasteiger partial charge is 0.481 e. The van der Waals surface area contributed by atoms with Gasteiger partial charge in [0.05, 0.1) is 5.92 Å². The highest BCUT2D eigenvalue weighted by atomic mass is 16.4. The molecular weight excluding hydrogens is 334 g/mol. The van der Waals surface area contributed by atoms with Gasteiger partial charge in [0, 0.05) is 30.9 Å². The number of amides is 1. The average molecular weight is 357 g/mol. The minimum atomic E-state index is -0.773. The van der Waals surface area contributed by atoms with Gasteiger partial charge in [0.25, 0.3) is 5.78 Å². The molecule has 1 N–H and O–H groups in total. The van der Waals surface area contributed by atoms with Crippen molar-refractivity contribution in [2.75, 3.05) is 13.1 Å². The third kappa shape index (κ3) is 2.93. The van der Waals surface area contributed by atoms with Gasteiger partial charge >= 0.3 is 5.97 Å². The van der Waals surface area contributed by atoms with Crippen LogP contribution in [0.4, 0.5) is 0 Å². The van der Waals surface area contributed by atoms with Crippen LogP contribution in [0.1, 0.15) is 36.2 Å². The summed E-state index contributed by atoms with van der Waals surface area (Å²) in [6, 6.07) is 0. The molecule has 0 aromatic carbocycles. The summed E-state index contributed by atoms with van der Waals surface area (Å²) in [5.74, 6) is 0.00120. The lowest BCUT2D eigenvalue weighted by Gasteiger charge is -2.17. The van der Waals surface area contributed by atoms with Crippen LogP contribution >= 0.6 is 0 Å². The minimum Gasteiger partial charge on any atom is -0.481 e. The number of aliphatic carboxylic acids is 1. The summed E-state index contributed by atoms with van der Waals surface area (Å²) in [4.78, 5) is 34.5. The number of hydrogen-bond donors (Lipinski definition) is 1. The standard InChI is InChI=1S/C18H23N5O3/c1-10-13(11(2)23-18(21-10)19-9-20-23)5-6-16(24)22-7-14(12-3-4-12)15(8-22)17(25)26/h9,12,14-15H,3-8H2,1-2H3,(H,25,26)/t14-,15+/m1/s1. The molecule has 3 heterocycles. The highest BCUT2D eigenvalue weighted by Gasteiger charge is 2.46. The van der Waals surface area contributed by atoms with Gasteiger partial charge in [0.1, 0.15) is 6.33 Å². The third-order valence-electron chi connectivity index (χ3n) is 5.84. The molecule has 8 nitrogen and oxygen atoms in total. The van der Waals surface area contributed by atoms with Crippen molar-refractivity contribution in [1.29, 1.82) is 0 Å². The Kier molecular flexibility index (Phi) is 4.13. The molecule has 0 spiro atoms. The Morgan fingerprint density at radius 2 is 2.04 bits per heavy atom. The van der Waals surface area contributed by atoms with E-state index in [-0.39, 0.29) is 11.8 Å². The molecule has 0 radical (unpaired) electrons. The quantitative estimate of drug-likeness (QED) is 0.864. The van der Waals surface area contributed by atoms with E-state index in [1.165, 1.54) is 6.33 Å². The second kappa shape index (κ2) is 6.34. The molecule has 2 aromatic rings. The zero-order valence-electron chi connectivity index (χ0n) is 15.1. The summed E-state index contributed by atoms with van der Waals surface area (Å²) in [6.45, 7) is 4.79. The van der Waals surface area contributed by atoms with E-state index in [0.717, 1.165) is 29.8 Å². The van der Waals surface area contributed by atoms with Crippen LogP contribution < -0.4 is 0 Å². The van der Waals surface area contributed by atoms with Crippen molar-refractivity contribution >= 4 is 17.7 Å². The van der Waals surface area contributed by atoms with Crippen LogP contribution in [0.2, 0.25) is 0 Å². The summed E-state index contributed by atoms with van der Waals surface area (Å²) in [5.41, 5.74) is 2.80. The first-order chi connectivity index (χ1) is 12.5. The van der Waals surface area contributed by atoms with Crippen LogP contribution in [0.25, 0.3) is 5.78 Å². The molecule has 1 amide bonds. The monoisotopic (exact) mass is 357 g/mol. The molecule has 2 aliphatic rings. The van der Waals surface area contributed by atoms with Crippen molar-refractivity contribution in [2.24, 2.45) is 17.8 Å². The van der Waals surface area contributed by atoms with Gasteiger partial charge in [-0.05, 0) is 50.5 Å². The fraction of sp³-hybridized carbons (Fsp3) is 0.611. The average Bonchev–Trinajstić information content (AvgIpc) is 3.16. The summed E-state index contributed by atoms with van der Waals surface area (Å²) in [5, 5.41) is 13.6. The molecular formula is C18H23N5O3. The second-order valence-electron chi connectivity index (χ2n) is 7.48. The summed E-state index contributed by atoms with van der Waals surface area (Å²) in [7, 11) is 0. The van der Waals surface area contributed by atoms with Crippen LogP contribution in [0.5, 0.6) is 0 Å². The van der Waals surface area contributed by atoms with E-state index in [1.54, 1.807) is 9.42 Å². The molecule has 1 aliphatic carbocycles. The Labute approximate surface area is 151 Å². The minimum absolute atomic E-state index is 0.0249. The van der Waals surface area contributed by atoms with Crippen LogP contribution in [0, 0.1) is 31.6 Å². The summed E-state index contributed by atoms with van der Waals surface area (Å²) < 4.78 is 1.69. The molecule has 2 atom stereocenters. The maximum atomic E-state index is 12.7. The lowest BCUT2D eigenvalue weighted by atomic mass is 9.92. The first-order valence-corrected chi connectivity index (χ1v) is 9.12. The Hall–Kier alpha value is -2.51. The van der Waals surface area contributed by atoms with Gasteiger partial charge in [0.2, 0.25) is 5.91 Å². The molecule has 0 unspecified atom stereocenters. The van der Waals surface area contributed by atoms with Gasteiger partial charge in [0.15, 0.2) is 0 Å². The highest BCUT2D eigenvalue weighted by Crippen LogP contribution is 2.44. The normalized spacial score (nSPS) is 22.9. The number of carboxylic acid groups (broad SMARTS) is 1. The third-order valence-corrected chi connectivity index (χ3v) is 5.84. The predicted octanol–water partition coefficient (Wildman–Crippen LogP) is 1.24. The smallest absolute Gasteiger partial charge is 0.308 e. The number of carboxylic acids is 1. The molecule has 8 heteroatoms. The second-order valence-corrected chi connectivity index (χ2v) is 7.48. The number of hydrogen-bond acceptors (Lipinski definition) is 5. The van der Waals surface area contributed by atoms with Crippen LogP contribution in [-0.4, -0.2) is 54.6 Å². The van der Waals surface area contributed by atoms with E-state index in [2.05, 4.69) is 15.1 Å². The van der Waals surface area contributed by atoms with E-state index in [9.17, 15) is 14.7 Å². The van der Waals surface area contributed by atoms with E-state index >= 15 is 0 Å². The van der Waals surface area contributed by atoms with Crippen molar-refractivity contribution < 1.29 is 14.7 Å². The maximum absolute atomic E-state index is 12.7. The Bertz CT molecular complexity index is 873. The lowest BCUT2D eigenvalue weighted by molar-refractivity contribution is -0.142. The van der Waals surface area contributed by atoms with Crippen molar-refractivity contribution in [3.8, 4) is 0 Å². The van der Waals surface area contributed by atoms with Gasteiger partial charge in [-0.1, -0.05) is 0 Å². The van der Waals surface area contributed by atoms with Crippen molar-refractivity contribution in [1.82, 2.24) is 24.5 Å². The van der Waals surface area contributed by atoms with Crippen LogP contribution in [0.3, 0.4) is 0 Å². The van der Waals surface area contributed by atoms with Crippen molar-refractivity contribution in [3.05, 3.63) is 23.3 Å². The number of aromatic nitrogens is 4. The van der Waals surface area contributed by atoms with E-state index in [0.29, 0.717) is 37.6 Å². The molecule has 1 saturated carbocycles. The van der Waals surface area contributed by atoms with Crippen molar-refractivity contribution in [2.45, 2.75) is 39.5 Å². The van der Waals surface area contributed by atoms with E-state index in [1.807, 2.05) is 13.8 Å². The van der Waals surface area contributed by atoms with Gasteiger partial charge in [-0.3, -0.25) is 9.59 Å². The topological polar surface area (TPSA) is 101 Å². The Balaban J connectivity index is 1.45. The molecule has 1 aliphatic heterocycles. The summed E-state index contributed by atoms with van der Waals surface area (Å²) >= 11 is 0. The van der Waals surface area contributed by atoms with Crippen LogP contribution in [0.15, 0.2) is 6.33 Å². The highest BCUT2D eigenvalue weighted by molar-refractivity contribution is 5.79. The molecule has 2 fully saturated rings. The number of likely N-dealkylation sites (tertiary alicyclic amines) is 1. The zero-order chi connectivity index (χ0) is 18.4. The number of carbonyl (C=O) groups is 2. The number of fused-ring (bicyclic) bond motifs is 1. The summed E-state index contributed by atoms with van der Waals surface area (Å²) in [6.07, 6.45) is 4.59. The number of aryl methyl sites for hydroxylation is 2. The number of rotatable bonds is 5.